The van der Waals surface area contributed by atoms with Crippen molar-refractivity contribution in [2.75, 3.05) is 23.4 Å². The minimum Gasteiger partial charge on any atom is -0.375 e. The molecule has 1 atom stereocenters. The molecule has 2 N–H and O–H groups in total. The molecular formula is C21H25N3O3. The molecule has 1 aliphatic rings. The van der Waals surface area contributed by atoms with Crippen LogP contribution in [0, 0.1) is 0 Å². The first-order valence-electron chi connectivity index (χ1n) is 9.22. The number of carbonyl (C=O) groups excluding carboxylic acids is 2. The van der Waals surface area contributed by atoms with E-state index in [2.05, 4.69) is 10.6 Å². The fourth-order valence-corrected chi connectivity index (χ4v) is 3.14. The van der Waals surface area contributed by atoms with Gasteiger partial charge in [0.15, 0.2) is 0 Å². The van der Waals surface area contributed by atoms with Crippen LogP contribution in [0.15, 0.2) is 54.6 Å². The maximum atomic E-state index is 12.0. The number of ether oxygens (including phenoxy) is 1. The number of amides is 3. The van der Waals surface area contributed by atoms with Crippen molar-refractivity contribution in [3.05, 3.63) is 60.2 Å². The molecule has 0 saturated carbocycles. The van der Waals surface area contributed by atoms with Gasteiger partial charge in [0.05, 0.1) is 13.2 Å². The van der Waals surface area contributed by atoms with E-state index in [1.165, 1.54) is 0 Å². The summed E-state index contributed by atoms with van der Waals surface area (Å²) in [6, 6.07) is 17.1. The average molecular weight is 367 g/mol. The molecule has 0 bridgehead atoms. The van der Waals surface area contributed by atoms with Gasteiger partial charge in [0, 0.05) is 30.4 Å². The second kappa shape index (κ2) is 9.19. The van der Waals surface area contributed by atoms with Gasteiger partial charge in [-0.15, -0.1) is 0 Å². The SMILES string of the molecule is CC1CCC(=O)N1c1cccc(NC(=O)NCCOCc2ccccc2)c1. The first-order chi connectivity index (χ1) is 13.1. The molecule has 3 amide bonds. The zero-order valence-electron chi connectivity index (χ0n) is 15.5. The second-order valence-electron chi connectivity index (χ2n) is 6.62. The van der Waals surface area contributed by atoms with Gasteiger partial charge in [0.1, 0.15) is 0 Å². The third-order valence-electron chi connectivity index (χ3n) is 4.51. The van der Waals surface area contributed by atoms with Crippen molar-refractivity contribution in [1.82, 2.24) is 5.32 Å². The molecule has 6 nitrogen and oxygen atoms in total. The molecule has 0 aromatic heterocycles. The molecule has 1 unspecified atom stereocenters. The molecule has 3 rings (SSSR count). The van der Waals surface area contributed by atoms with E-state index in [1.807, 2.05) is 55.5 Å². The van der Waals surface area contributed by atoms with Crippen LogP contribution in [0.25, 0.3) is 0 Å². The largest absolute Gasteiger partial charge is 0.375 e. The summed E-state index contributed by atoms with van der Waals surface area (Å²) in [6.07, 6.45) is 1.43. The van der Waals surface area contributed by atoms with E-state index in [0.717, 1.165) is 17.7 Å². The van der Waals surface area contributed by atoms with Crippen LogP contribution in [0.2, 0.25) is 0 Å². The highest BCUT2D eigenvalue weighted by atomic mass is 16.5. The summed E-state index contributed by atoms with van der Waals surface area (Å²) >= 11 is 0. The van der Waals surface area contributed by atoms with Gasteiger partial charge in [-0.25, -0.2) is 4.79 Å². The van der Waals surface area contributed by atoms with Crippen LogP contribution < -0.4 is 15.5 Å². The predicted octanol–water partition coefficient (Wildman–Crippen LogP) is 3.54. The number of carbonyl (C=O) groups is 2. The average Bonchev–Trinajstić information content (AvgIpc) is 3.01. The lowest BCUT2D eigenvalue weighted by atomic mass is 10.2. The van der Waals surface area contributed by atoms with Gasteiger partial charge in [0.25, 0.3) is 0 Å². The summed E-state index contributed by atoms with van der Waals surface area (Å²) in [7, 11) is 0. The number of urea groups is 1. The number of benzene rings is 2. The first kappa shape index (κ1) is 18.9. The highest BCUT2D eigenvalue weighted by molar-refractivity contribution is 5.97. The van der Waals surface area contributed by atoms with Crippen molar-refractivity contribution < 1.29 is 14.3 Å². The highest BCUT2D eigenvalue weighted by Gasteiger charge is 2.28. The lowest BCUT2D eigenvalue weighted by Crippen LogP contribution is -2.32. The Balaban J connectivity index is 1.43. The molecule has 2 aromatic carbocycles. The zero-order valence-corrected chi connectivity index (χ0v) is 15.5. The van der Waals surface area contributed by atoms with Crippen LogP contribution in [0.4, 0.5) is 16.2 Å². The molecule has 27 heavy (non-hydrogen) atoms. The summed E-state index contributed by atoms with van der Waals surface area (Å²) in [6.45, 7) is 3.41. The van der Waals surface area contributed by atoms with Crippen LogP contribution in [0.3, 0.4) is 0 Å². The summed E-state index contributed by atoms with van der Waals surface area (Å²) in [5, 5.41) is 5.57. The minimum atomic E-state index is -0.295. The maximum Gasteiger partial charge on any atom is 0.319 e. The summed E-state index contributed by atoms with van der Waals surface area (Å²) in [5.41, 5.74) is 2.57. The number of hydrogen-bond acceptors (Lipinski definition) is 3. The maximum absolute atomic E-state index is 12.0. The molecule has 1 fully saturated rings. The summed E-state index contributed by atoms with van der Waals surface area (Å²) in [5.74, 6) is 0.125. The van der Waals surface area contributed by atoms with Crippen LogP contribution in [0.5, 0.6) is 0 Å². The van der Waals surface area contributed by atoms with Crippen molar-refractivity contribution in [2.24, 2.45) is 0 Å². The molecule has 0 aliphatic carbocycles. The van der Waals surface area contributed by atoms with Crippen LogP contribution in [0.1, 0.15) is 25.3 Å². The Morgan fingerprint density at radius 2 is 2.00 bits per heavy atom. The number of rotatable bonds is 7. The van der Waals surface area contributed by atoms with Crippen LogP contribution in [-0.4, -0.2) is 31.1 Å². The topological polar surface area (TPSA) is 70.7 Å². The predicted molar refractivity (Wildman–Crippen MR) is 106 cm³/mol. The van der Waals surface area contributed by atoms with E-state index in [-0.39, 0.29) is 18.0 Å². The number of nitrogens with one attached hydrogen (secondary N) is 2. The van der Waals surface area contributed by atoms with E-state index in [1.54, 1.807) is 11.0 Å². The van der Waals surface area contributed by atoms with Gasteiger partial charge in [-0.05, 0) is 37.1 Å². The smallest absolute Gasteiger partial charge is 0.319 e. The lowest BCUT2D eigenvalue weighted by molar-refractivity contribution is -0.117. The van der Waals surface area contributed by atoms with Crippen molar-refractivity contribution in [2.45, 2.75) is 32.4 Å². The Kier molecular flexibility index (Phi) is 6.44. The normalized spacial score (nSPS) is 16.4. The molecule has 2 aromatic rings. The van der Waals surface area contributed by atoms with Crippen molar-refractivity contribution in [3.8, 4) is 0 Å². The van der Waals surface area contributed by atoms with Gasteiger partial charge < -0.3 is 20.3 Å². The molecule has 1 saturated heterocycles. The van der Waals surface area contributed by atoms with E-state index < -0.39 is 0 Å². The fourth-order valence-electron chi connectivity index (χ4n) is 3.14. The van der Waals surface area contributed by atoms with Gasteiger partial charge in [-0.3, -0.25) is 4.79 Å². The minimum absolute atomic E-state index is 0.125. The molecule has 1 heterocycles. The van der Waals surface area contributed by atoms with Crippen molar-refractivity contribution in [1.29, 1.82) is 0 Å². The number of hydrogen-bond donors (Lipinski definition) is 2. The second-order valence-corrected chi connectivity index (χ2v) is 6.62. The van der Waals surface area contributed by atoms with Crippen LogP contribution in [-0.2, 0) is 16.1 Å². The highest BCUT2D eigenvalue weighted by Crippen LogP contribution is 2.28. The Morgan fingerprint density at radius 1 is 1.19 bits per heavy atom. The Morgan fingerprint density at radius 3 is 2.74 bits per heavy atom. The monoisotopic (exact) mass is 367 g/mol. The quantitative estimate of drug-likeness (QED) is 0.736. The third kappa shape index (κ3) is 5.31. The fraction of sp³-hybridized carbons (Fsp3) is 0.333. The lowest BCUT2D eigenvalue weighted by Gasteiger charge is -2.22. The van der Waals surface area contributed by atoms with Gasteiger partial charge in [-0.2, -0.15) is 0 Å². The Hall–Kier alpha value is -2.86. The summed E-state index contributed by atoms with van der Waals surface area (Å²) < 4.78 is 5.54. The van der Waals surface area contributed by atoms with E-state index in [0.29, 0.717) is 31.9 Å². The number of nitrogens with zero attached hydrogens (tertiary/aromatic N) is 1. The molecule has 0 spiro atoms. The third-order valence-corrected chi connectivity index (χ3v) is 4.51. The van der Waals surface area contributed by atoms with Gasteiger partial charge in [-0.1, -0.05) is 36.4 Å². The van der Waals surface area contributed by atoms with Crippen molar-refractivity contribution >= 4 is 23.3 Å². The summed E-state index contributed by atoms with van der Waals surface area (Å²) in [4.78, 5) is 25.9. The van der Waals surface area contributed by atoms with Gasteiger partial charge >= 0.3 is 6.03 Å². The standard InChI is InChI=1S/C21H25N3O3/c1-16-10-11-20(25)24(16)19-9-5-8-18(14-19)23-21(26)22-12-13-27-15-17-6-3-2-4-7-17/h2-9,14,16H,10-13,15H2,1H3,(H2,22,23,26). The molecule has 1 aliphatic heterocycles. The van der Waals surface area contributed by atoms with Gasteiger partial charge in [0.2, 0.25) is 5.91 Å². The molecule has 142 valence electrons. The first-order valence-corrected chi connectivity index (χ1v) is 9.22. The Labute approximate surface area is 159 Å². The zero-order chi connectivity index (χ0) is 19.1. The molecule has 0 radical (unpaired) electrons. The molecular weight excluding hydrogens is 342 g/mol. The van der Waals surface area contributed by atoms with Crippen LogP contribution >= 0.6 is 0 Å². The van der Waals surface area contributed by atoms with E-state index in [9.17, 15) is 9.59 Å². The van der Waals surface area contributed by atoms with E-state index in [4.69, 9.17) is 4.74 Å². The number of anilines is 2. The van der Waals surface area contributed by atoms with E-state index >= 15 is 0 Å². The van der Waals surface area contributed by atoms with Crippen molar-refractivity contribution in [3.63, 3.8) is 0 Å². The molecule has 6 heteroatoms. The Bertz CT molecular complexity index is 779.